The molecule has 2 aromatic carbocycles. The number of nitrogens with one attached hydrogen (secondary N) is 1. The standard InChI is InChI=1S/C25H25N3O3S/c29-25(21-11-14-24(15-12-21)32(30,31)28-17-4-1-5-18-28)27-23-9-6-7-20(19-23)10-13-22-8-2-3-16-26-22/h2-3,6-16,19H,1,4-5,17-18H2,(H,27,29). The van der Waals surface area contributed by atoms with Crippen LogP contribution < -0.4 is 5.32 Å². The normalized spacial score (nSPS) is 15.0. The van der Waals surface area contributed by atoms with Gasteiger partial charge in [0.05, 0.1) is 10.6 Å². The zero-order valence-corrected chi connectivity index (χ0v) is 18.5. The smallest absolute Gasteiger partial charge is 0.255 e. The number of hydrogen-bond donors (Lipinski definition) is 1. The van der Waals surface area contributed by atoms with Crippen LogP contribution in [0.2, 0.25) is 0 Å². The lowest BCUT2D eigenvalue weighted by Crippen LogP contribution is -2.35. The Labute approximate surface area is 188 Å². The summed E-state index contributed by atoms with van der Waals surface area (Å²) >= 11 is 0. The molecule has 0 atom stereocenters. The second-order valence-electron chi connectivity index (χ2n) is 7.66. The van der Waals surface area contributed by atoms with E-state index in [0.29, 0.717) is 24.3 Å². The lowest BCUT2D eigenvalue weighted by molar-refractivity contribution is 0.102. The maximum atomic E-state index is 12.8. The number of nitrogens with zero attached hydrogens (tertiary/aromatic N) is 2. The number of carbonyl (C=O) groups excluding carboxylic acids is 1. The maximum Gasteiger partial charge on any atom is 0.255 e. The Kier molecular flexibility index (Phi) is 6.78. The molecule has 0 radical (unpaired) electrons. The fraction of sp³-hybridized carbons (Fsp3) is 0.200. The van der Waals surface area contributed by atoms with Gasteiger partial charge in [0, 0.05) is 30.5 Å². The van der Waals surface area contributed by atoms with E-state index in [1.165, 1.54) is 16.4 Å². The van der Waals surface area contributed by atoms with E-state index in [2.05, 4.69) is 10.3 Å². The SMILES string of the molecule is O=C(Nc1cccc(C=Cc2ccccn2)c1)c1ccc(S(=O)(=O)N2CCCCC2)cc1. The second-order valence-corrected chi connectivity index (χ2v) is 9.59. The van der Waals surface area contributed by atoms with Gasteiger partial charge in [-0.15, -0.1) is 0 Å². The van der Waals surface area contributed by atoms with Gasteiger partial charge in [-0.05, 0) is 73.0 Å². The number of amides is 1. The number of hydrogen-bond acceptors (Lipinski definition) is 4. The van der Waals surface area contributed by atoms with Crippen molar-refractivity contribution in [3.63, 3.8) is 0 Å². The van der Waals surface area contributed by atoms with E-state index < -0.39 is 10.0 Å². The highest BCUT2D eigenvalue weighted by atomic mass is 32.2. The number of piperidine rings is 1. The monoisotopic (exact) mass is 447 g/mol. The Balaban J connectivity index is 1.43. The lowest BCUT2D eigenvalue weighted by atomic mass is 10.1. The van der Waals surface area contributed by atoms with Crippen molar-refractivity contribution in [1.29, 1.82) is 0 Å². The Morgan fingerprint density at radius 3 is 2.41 bits per heavy atom. The molecule has 1 amide bonds. The Morgan fingerprint density at radius 1 is 0.906 bits per heavy atom. The van der Waals surface area contributed by atoms with Crippen LogP contribution in [0, 0.1) is 0 Å². The third-order valence-corrected chi connectivity index (χ3v) is 7.26. The number of sulfonamides is 1. The fourth-order valence-corrected chi connectivity index (χ4v) is 5.13. The van der Waals surface area contributed by atoms with Gasteiger partial charge in [-0.2, -0.15) is 4.31 Å². The van der Waals surface area contributed by atoms with Gasteiger partial charge in [-0.1, -0.05) is 30.7 Å². The predicted octanol–water partition coefficient (Wildman–Crippen LogP) is 4.68. The van der Waals surface area contributed by atoms with E-state index in [4.69, 9.17) is 0 Å². The van der Waals surface area contributed by atoms with Gasteiger partial charge in [0.15, 0.2) is 0 Å². The molecule has 1 aliphatic heterocycles. The van der Waals surface area contributed by atoms with Crippen LogP contribution in [-0.4, -0.2) is 36.7 Å². The van der Waals surface area contributed by atoms with E-state index in [-0.39, 0.29) is 10.8 Å². The summed E-state index contributed by atoms with van der Waals surface area (Å²) in [4.78, 5) is 17.1. The van der Waals surface area contributed by atoms with E-state index in [0.717, 1.165) is 30.5 Å². The van der Waals surface area contributed by atoms with Crippen LogP contribution in [0.25, 0.3) is 12.2 Å². The van der Waals surface area contributed by atoms with Gasteiger partial charge in [0.25, 0.3) is 5.91 Å². The van der Waals surface area contributed by atoms with Gasteiger partial charge in [0.2, 0.25) is 10.0 Å². The minimum absolute atomic E-state index is 0.220. The first kappa shape index (κ1) is 21.9. The van der Waals surface area contributed by atoms with Gasteiger partial charge < -0.3 is 5.32 Å². The molecule has 6 nitrogen and oxygen atoms in total. The Morgan fingerprint density at radius 2 is 1.69 bits per heavy atom. The number of carbonyl (C=O) groups is 1. The van der Waals surface area contributed by atoms with Gasteiger partial charge in [0.1, 0.15) is 0 Å². The van der Waals surface area contributed by atoms with Crippen molar-refractivity contribution in [2.45, 2.75) is 24.2 Å². The summed E-state index contributed by atoms with van der Waals surface area (Å²) in [5.41, 5.74) is 2.83. The molecule has 3 aromatic rings. The largest absolute Gasteiger partial charge is 0.322 e. The summed E-state index contributed by atoms with van der Waals surface area (Å²) in [7, 11) is -3.51. The molecule has 4 rings (SSSR count). The summed E-state index contributed by atoms with van der Waals surface area (Å²) < 4.78 is 27.1. The minimum atomic E-state index is -3.51. The van der Waals surface area contributed by atoms with E-state index >= 15 is 0 Å². The van der Waals surface area contributed by atoms with Crippen molar-refractivity contribution in [1.82, 2.24) is 9.29 Å². The summed E-state index contributed by atoms with van der Waals surface area (Å²) in [5, 5.41) is 2.87. The molecule has 0 spiro atoms. The maximum absolute atomic E-state index is 12.8. The second kappa shape index (κ2) is 9.89. The number of pyridine rings is 1. The van der Waals surface area contributed by atoms with Gasteiger partial charge in [-0.25, -0.2) is 8.42 Å². The van der Waals surface area contributed by atoms with Crippen molar-refractivity contribution in [3.8, 4) is 0 Å². The zero-order chi connectivity index (χ0) is 22.4. The van der Waals surface area contributed by atoms with Crippen LogP contribution >= 0.6 is 0 Å². The summed E-state index contributed by atoms with van der Waals surface area (Å²) in [6.45, 7) is 1.10. The van der Waals surface area contributed by atoms with Crippen LogP contribution in [0.5, 0.6) is 0 Å². The number of aromatic nitrogens is 1. The minimum Gasteiger partial charge on any atom is -0.322 e. The number of rotatable bonds is 6. The fourth-order valence-electron chi connectivity index (χ4n) is 3.61. The topological polar surface area (TPSA) is 79.4 Å². The van der Waals surface area contributed by atoms with Crippen molar-refractivity contribution in [2.24, 2.45) is 0 Å². The van der Waals surface area contributed by atoms with E-state index in [9.17, 15) is 13.2 Å². The highest BCUT2D eigenvalue weighted by Crippen LogP contribution is 2.21. The molecular weight excluding hydrogens is 422 g/mol. The molecule has 0 unspecified atom stereocenters. The van der Waals surface area contributed by atoms with Crippen LogP contribution in [0.15, 0.2) is 77.8 Å². The number of benzene rings is 2. The molecule has 1 aliphatic rings. The van der Waals surface area contributed by atoms with Gasteiger partial charge in [-0.3, -0.25) is 9.78 Å². The van der Waals surface area contributed by atoms with Crippen molar-refractivity contribution < 1.29 is 13.2 Å². The molecule has 0 aliphatic carbocycles. The molecule has 0 bridgehead atoms. The summed E-state index contributed by atoms with van der Waals surface area (Å²) in [6, 6.07) is 19.3. The first-order valence-electron chi connectivity index (χ1n) is 10.6. The first-order valence-corrected chi connectivity index (χ1v) is 12.1. The average molecular weight is 448 g/mol. The van der Waals surface area contributed by atoms with Crippen molar-refractivity contribution in [3.05, 3.63) is 89.7 Å². The van der Waals surface area contributed by atoms with E-state index in [1.807, 2.05) is 54.6 Å². The third kappa shape index (κ3) is 5.30. The molecular formula is C25H25N3O3S. The molecule has 32 heavy (non-hydrogen) atoms. The molecule has 1 N–H and O–H groups in total. The summed E-state index contributed by atoms with van der Waals surface area (Å²) in [6.07, 6.45) is 8.40. The molecule has 164 valence electrons. The molecule has 1 fully saturated rings. The third-order valence-electron chi connectivity index (χ3n) is 5.35. The lowest BCUT2D eigenvalue weighted by Gasteiger charge is -2.25. The molecule has 1 saturated heterocycles. The van der Waals surface area contributed by atoms with Crippen LogP contribution in [0.1, 0.15) is 40.9 Å². The van der Waals surface area contributed by atoms with Crippen LogP contribution in [-0.2, 0) is 10.0 Å². The number of anilines is 1. The van der Waals surface area contributed by atoms with E-state index in [1.54, 1.807) is 18.3 Å². The Bertz CT molecular complexity index is 1200. The Hall–Kier alpha value is -3.29. The quantitative estimate of drug-likeness (QED) is 0.595. The highest BCUT2D eigenvalue weighted by molar-refractivity contribution is 7.89. The molecule has 2 heterocycles. The summed E-state index contributed by atoms with van der Waals surface area (Å²) in [5.74, 6) is -0.294. The average Bonchev–Trinajstić information content (AvgIpc) is 2.84. The van der Waals surface area contributed by atoms with Crippen molar-refractivity contribution >= 4 is 33.8 Å². The van der Waals surface area contributed by atoms with Crippen LogP contribution in [0.4, 0.5) is 5.69 Å². The van der Waals surface area contributed by atoms with Crippen LogP contribution in [0.3, 0.4) is 0 Å². The van der Waals surface area contributed by atoms with Gasteiger partial charge >= 0.3 is 0 Å². The highest BCUT2D eigenvalue weighted by Gasteiger charge is 2.25. The molecule has 0 saturated carbocycles. The molecule has 7 heteroatoms. The molecule has 1 aromatic heterocycles. The zero-order valence-electron chi connectivity index (χ0n) is 17.6. The predicted molar refractivity (Wildman–Crippen MR) is 127 cm³/mol. The van der Waals surface area contributed by atoms with Crippen molar-refractivity contribution in [2.75, 3.05) is 18.4 Å². The first-order chi connectivity index (χ1) is 15.5.